The Bertz CT molecular complexity index is 493. The summed E-state index contributed by atoms with van der Waals surface area (Å²) in [5.74, 6) is 1.26. The lowest BCUT2D eigenvalue weighted by Crippen LogP contribution is -2.30. The summed E-state index contributed by atoms with van der Waals surface area (Å²) in [5, 5.41) is 0. The molecule has 1 N–H and O–H groups in total. The zero-order chi connectivity index (χ0) is 15.0. The van der Waals surface area contributed by atoms with Gasteiger partial charge in [0.15, 0.2) is 0 Å². The Morgan fingerprint density at radius 3 is 2.55 bits per heavy atom. The smallest absolute Gasteiger partial charge is 0.300 e. The van der Waals surface area contributed by atoms with Crippen LogP contribution in [0.15, 0.2) is 21.9 Å². The SMILES string of the molecule is BC(C)CCCC(CCCC)Cn1ccc(=O)[nH]c1=O. The highest BCUT2D eigenvalue weighted by Gasteiger charge is 2.11. The first-order valence-electron chi connectivity index (χ1n) is 7.82. The van der Waals surface area contributed by atoms with Gasteiger partial charge in [-0.05, 0) is 18.8 Å². The molecule has 0 bridgehead atoms. The number of nitrogens with one attached hydrogen (secondary N) is 1. The first-order valence-corrected chi connectivity index (χ1v) is 7.82. The van der Waals surface area contributed by atoms with Crippen molar-refractivity contribution < 1.29 is 0 Å². The lowest BCUT2D eigenvalue weighted by molar-refractivity contribution is 0.357. The van der Waals surface area contributed by atoms with Crippen molar-refractivity contribution in [3.8, 4) is 0 Å². The molecule has 0 spiro atoms. The monoisotopic (exact) mass is 278 g/mol. The highest BCUT2D eigenvalue weighted by molar-refractivity contribution is 6.11. The topological polar surface area (TPSA) is 54.9 Å². The van der Waals surface area contributed by atoms with Gasteiger partial charge in [-0.2, -0.15) is 0 Å². The van der Waals surface area contributed by atoms with Gasteiger partial charge in [0.1, 0.15) is 7.85 Å². The Morgan fingerprint density at radius 2 is 1.95 bits per heavy atom. The van der Waals surface area contributed by atoms with Crippen molar-refractivity contribution in [1.82, 2.24) is 9.55 Å². The largest absolute Gasteiger partial charge is 0.328 e. The zero-order valence-corrected chi connectivity index (χ0v) is 13.0. The van der Waals surface area contributed by atoms with Gasteiger partial charge in [0.2, 0.25) is 0 Å². The lowest BCUT2D eigenvalue weighted by Gasteiger charge is -2.18. The molecule has 0 saturated carbocycles. The lowest BCUT2D eigenvalue weighted by atomic mass is 9.83. The normalized spacial score (nSPS) is 14.1. The summed E-state index contributed by atoms with van der Waals surface area (Å²) in [6, 6.07) is 1.42. The average molecular weight is 278 g/mol. The van der Waals surface area contributed by atoms with Crippen LogP contribution in [0.3, 0.4) is 0 Å². The standard InChI is InChI=1S/C15H27BN2O2/c1-3-4-7-13(8-5-6-12(2)16)11-18-10-9-14(19)17-15(18)20/h9-10,12-13H,3-8,11,16H2,1-2H3,(H,17,19,20). The second-order valence-electron chi connectivity index (χ2n) is 6.10. The molecule has 0 aliphatic heterocycles. The van der Waals surface area contributed by atoms with Crippen molar-refractivity contribution in [2.45, 2.75) is 64.7 Å². The first kappa shape index (κ1) is 16.8. The van der Waals surface area contributed by atoms with Gasteiger partial charge in [-0.25, -0.2) is 4.79 Å². The quantitative estimate of drug-likeness (QED) is 0.702. The molecule has 112 valence electrons. The fourth-order valence-electron chi connectivity index (χ4n) is 2.50. The van der Waals surface area contributed by atoms with Crippen LogP contribution in [0.1, 0.15) is 52.4 Å². The molecule has 2 atom stereocenters. The molecule has 0 fully saturated rings. The molecule has 5 heteroatoms. The van der Waals surface area contributed by atoms with E-state index in [2.05, 4.69) is 26.7 Å². The first-order chi connectivity index (χ1) is 9.52. The Morgan fingerprint density at radius 1 is 1.25 bits per heavy atom. The van der Waals surface area contributed by atoms with Crippen molar-refractivity contribution in [3.63, 3.8) is 0 Å². The molecule has 0 radical (unpaired) electrons. The molecular weight excluding hydrogens is 251 g/mol. The minimum atomic E-state index is -0.323. The maximum Gasteiger partial charge on any atom is 0.328 e. The summed E-state index contributed by atoms with van der Waals surface area (Å²) >= 11 is 0. The van der Waals surface area contributed by atoms with Gasteiger partial charge in [0.25, 0.3) is 5.56 Å². The molecule has 0 aromatic carbocycles. The van der Waals surface area contributed by atoms with Gasteiger partial charge >= 0.3 is 5.69 Å². The molecule has 1 heterocycles. The van der Waals surface area contributed by atoms with Crippen molar-refractivity contribution in [1.29, 1.82) is 0 Å². The molecule has 20 heavy (non-hydrogen) atoms. The molecule has 1 rings (SSSR count). The number of nitrogens with zero attached hydrogens (tertiary/aromatic N) is 1. The second kappa shape index (κ2) is 8.82. The van der Waals surface area contributed by atoms with E-state index in [1.807, 2.05) is 0 Å². The van der Waals surface area contributed by atoms with E-state index in [1.54, 1.807) is 10.8 Å². The van der Waals surface area contributed by atoms with Crippen LogP contribution in [-0.4, -0.2) is 17.4 Å². The van der Waals surface area contributed by atoms with E-state index in [-0.39, 0.29) is 11.2 Å². The number of unbranched alkanes of at least 4 members (excludes halogenated alkanes) is 1. The van der Waals surface area contributed by atoms with Crippen LogP contribution < -0.4 is 11.2 Å². The highest BCUT2D eigenvalue weighted by Crippen LogP contribution is 2.20. The Balaban J connectivity index is 2.62. The highest BCUT2D eigenvalue weighted by atomic mass is 16.2. The van der Waals surface area contributed by atoms with Crippen molar-refractivity contribution >= 4 is 7.85 Å². The van der Waals surface area contributed by atoms with Crippen molar-refractivity contribution in [2.75, 3.05) is 0 Å². The van der Waals surface area contributed by atoms with Crippen LogP contribution in [0.4, 0.5) is 0 Å². The third kappa shape index (κ3) is 6.26. The van der Waals surface area contributed by atoms with Crippen molar-refractivity contribution in [3.05, 3.63) is 33.1 Å². The minimum Gasteiger partial charge on any atom is -0.300 e. The molecule has 1 aromatic rings. The van der Waals surface area contributed by atoms with Gasteiger partial charge in [0, 0.05) is 18.8 Å². The minimum absolute atomic E-state index is 0.289. The fraction of sp³-hybridized carbons (Fsp3) is 0.733. The van der Waals surface area contributed by atoms with Crippen LogP contribution in [0, 0.1) is 5.92 Å². The van der Waals surface area contributed by atoms with Crippen LogP contribution in [-0.2, 0) is 6.54 Å². The summed E-state index contributed by atoms with van der Waals surface area (Å²) in [6.45, 7) is 5.15. The van der Waals surface area contributed by atoms with Gasteiger partial charge in [-0.1, -0.05) is 45.3 Å². The van der Waals surface area contributed by atoms with Crippen LogP contribution in [0.2, 0.25) is 5.82 Å². The molecule has 0 saturated heterocycles. The Hall–Kier alpha value is -1.26. The second-order valence-corrected chi connectivity index (χ2v) is 6.10. The number of hydrogen-bond acceptors (Lipinski definition) is 2. The summed E-state index contributed by atoms with van der Waals surface area (Å²) < 4.78 is 1.64. The predicted molar refractivity (Wildman–Crippen MR) is 86.2 cm³/mol. The van der Waals surface area contributed by atoms with E-state index in [4.69, 9.17) is 0 Å². The summed E-state index contributed by atoms with van der Waals surface area (Å²) in [5.41, 5.74) is -0.612. The third-order valence-corrected chi connectivity index (χ3v) is 3.71. The van der Waals surface area contributed by atoms with E-state index >= 15 is 0 Å². The molecule has 0 aliphatic carbocycles. The van der Waals surface area contributed by atoms with Crippen LogP contribution >= 0.6 is 0 Å². The maximum absolute atomic E-state index is 11.7. The van der Waals surface area contributed by atoms with Gasteiger partial charge in [0.05, 0.1) is 0 Å². The average Bonchev–Trinajstić information content (AvgIpc) is 2.38. The fourth-order valence-corrected chi connectivity index (χ4v) is 2.50. The zero-order valence-electron chi connectivity index (χ0n) is 13.0. The number of rotatable bonds is 9. The van der Waals surface area contributed by atoms with E-state index in [1.165, 1.54) is 31.7 Å². The number of aromatic amines is 1. The van der Waals surface area contributed by atoms with E-state index < -0.39 is 0 Å². The molecule has 1 aromatic heterocycles. The molecule has 4 nitrogen and oxygen atoms in total. The number of H-pyrrole nitrogens is 1. The Labute approximate surface area is 122 Å². The summed E-state index contributed by atoms with van der Waals surface area (Å²) in [7, 11) is 2.24. The number of aromatic nitrogens is 2. The van der Waals surface area contributed by atoms with Gasteiger partial charge in [-0.3, -0.25) is 9.78 Å². The number of hydrogen-bond donors (Lipinski definition) is 1. The predicted octanol–water partition coefficient (Wildman–Crippen LogP) is 1.95. The van der Waals surface area contributed by atoms with Gasteiger partial charge in [-0.15, -0.1) is 0 Å². The van der Waals surface area contributed by atoms with Crippen LogP contribution in [0.25, 0.3) is 0 Å². The third-order valence-electron chi connectivity index (χ3n) is 3.71. The summed E-state index contributed by atoms with van der Waals surface area (Å²) in [4.78, 5) is 25.1. The van der Waals surface area contributed by atoms with Crippen LogP contribution in [0.5, 0.6) is 0 Å². The van der Waals surface area contributed by atoms with E-state index in [9.17, 15) is 9.59 Å². The van der Waals surface area contributed by atoms with Gasteiger partial charge < -0.3 is 4.57 Å². The van der Waals surface area contributed by atoms with Crippen molar-refractivity contribution in [2.24, 2.45) is 5.92 Å². The molecule has 2 unspecified atom stereocenters. The maximum atomic E-state index is 11.7. The molecule has 0 aliphatic rings. The molecule has 0 amide bonds. The molecular formula is C15H27BN2O2. The Kier molecular flexibility index (Phi) is 7.41. The van der Waals surface area contributed by atoms with E-state index in [0.29, 0.717) is 12.5 Å². The van der Waals surface area contributed by atoms with E-state index in [0.717, 1.165) is 18.7 Å². The summed E-state index contributed by atoms with van der Waals surface area (Å²) in [6.07, 6.45) is 8.76.